The number of aromatic nitrogens is 2. The number of alkyl halides is 1. The van der Waals surface area contributed by atoms with Crippen LogP contribution in [-0.4, -0.2) is 121 Å². The van der Waals surface area contributed by atoms with Crippen molar-refractivity contribution in [2.45, 2.75) is 52.4 Å². The molecule has 0 saturated heterocycles. The Balaban J connectivity index is 0.000000212. The minimum absolute atomic E-state index is 0.169. The number of nitrogens with zero attached hydrogens (tertiary/aromatic N) is 5. The SMILES string of the molecule is CCOC(=O)C1=CN(C(=O)c2ccc(F)cc2)CC(C)(C)c2c1[nH]c1cc(N(C)C(=O)N(C)C)ccc21.CCOC(=O)C1=CN(C(=O)c2ccc(F)cc2)CC(C)(C)c2c1[nH]c1cc(N(C)CCCl)ccc21. The Morgan fingerprint density at radius 1 is 0.625 bits per heavy atom. The molecule has 0 fully saturated rings. The lowest BCUT2D eigenvalue weighted by Gasteiger charge is -2.30. The molecule has 0 aliphatic carbocycles. The van der Waals surface area contributed by atoms with Gasteiger partial charge in [-0.15, -0.1) is 11.6 Å². The van der Waals surface area contributed by atoms with E-state index in [0.717, 1.165) is 38.6 Å². The first-order chi connectivity index (χ1) is 34.1. The summed E-state index contributed by atoms with van der Waals surface area (Å²) in [6, 6.07) is 22.3. The smallest absolute Gasteiger partial charge is 0.341 e. The number of ether oxygens (including phenoxy) is 2. The molecule has 2 N–H and O–H groups in total. The maximum absolute atomic E-state index is 13.5. The predicted octanol–water partition coefficient (Wildman–Crippen LogP) is 10.1. The van der Waals surface area contributed by atoms with Crippen LogP contribution in [0.2, 0.25) is 0 Å². The van der Waals surface area contributed by atoms with Crippen molar-refractivity contribution in [3.63, 3.8) is 0 Å². The molecular weight excluding hydrogens is 944 g/mol. The van der Waals surface area contributed by atoms with Crippen LogP contribution in [0.5, 0.6) is 0 Å². The van der Waals surface area contributed by atoms with Crippen LogP contribution in [-0.2, 0) is 29.9 Å². The molecule has 0 atom stereocenters. The quantitative estimate of drug-likeness (QED) is 0.102. The number of halogens is 3. The number of hydrogen-bond acceptors (Lipinski definition) is 8. The highest BCUT2D eigenvalue weighted by Gasteiger charge is 2.39. The number of rotatable bonds is 10. The Hall–Kier alpha value is -7.46. The molecule has 0 unspecified atom stereocenters. The summed E-state index contributed by atoms with van der Waals surface area (Å²) < 4.78 is 37.6. The number of amides is 4. The van der Waals surface area contributed by atoms with Crippen molar-refractivity contribution >= 4 is 85.7 Å². The molecule has 72 heavy (non-hydrogen) atoms. The zero-order chi connectivity index (χ0) is 52.4. The summed E-state index contributed by atoms with van der Waals surface area (Å²) in [6.45, 7) is 13.2. The van der Waals surface area contributed by atoms with Gasteiger partial charge < -0.3 is 39.0 Å². The van der Waals surface area contributed by atoms with E-state index >= 15 is 0 Å². The fraction of sp³-hybridized carbons (Fsp3) is 0.327. The highest BCUT2D eigenvalue weighted by molar-refractivity contribution is 6.20. The summed E-state index contributed by atoms with van der Waals surface area (Å²) in [5, 5.41) is 1.85. The van der Waals surface area contributed by atoms with E-state index in [-0.39, 0.29) is 48.8 Å². The minimum atomic E-state index is -0.582. The molecule has 6 aromatic rings. The molecule has 4 heterocycles. The van der Waals surface area contributed by atoms with Crippen LogP contribution in [0.4, 0.5) is 25.0 Å². The molecule has 2 aliphatic heterocycles. The van der Waals surface area contributed by atoms with Crippen LogP contribution in [0.15, 0.2) is 97.3 Å². The van der Waals surface area contributed by atoms with Gasteiger partial charge in [0, 0.05) is 121 Å². The third-order valence-corrected chi connectivity index (χ3v) is 12.9. The van der Waals surface area contributed by atoms with E-state index in [1.807, 2.05) is 71.1 Å². The predicted molar refractivity (Wildman–Crippen MR) is 278 cm³/mol. The minimum Gasteiger partial charge on any atom is -0.462 e. The highest BCUT2D eigenvalue weighted by Crippen LogP contribution is 2.43. The van der Waals surface area contributed by atoms with Gasteiger partial charge in [0.1, 0.15) is 11.6 Å². The third kappa shape index (κ3) is 10.6. The average molecular weight is 1000 g/mol. The Kier molecular flexibility index (Phi) is 15.3. The van der Waals surface area contributed by atoms with Gasteiger partial charge >= 0.3 is 18.0 Å². The van der Waals surface area contributed by atoms with Crippen LogP contribution >= 0.6 is 11.6 Å². The molecule has 4 aromatic carbocycles. The molecule has 378 valence electrons. The Morgan fingerprint density at radius 3 is 1.42 bits per heavy atom. The number of H-pyrrole nitrogens is 2. The summed E-state index contributed by atoms with van der Waals surface area (Å²) in [6.07, 6.45) is 3.06. The summed E-state index contributed by atoms with van der Waals surface area (Å²) in [5.41, 5.74) is 6.37. The van der Waals surface area contributed by atoms with Crippen LogP contribution in [0.25, 0.3) is 33.0 Å². The van der Waals surface area contributed by atoms with Crippen LogP contribution in [0, 0.1) is 11.6 Å². The first-order valence-electron chi connectivity index (χ1n) is 23.6. The first-order valence-corrected chi connectivity index (χ1v) is 24.1. The first kappa shape index (κ1) is 52.4. The Bertz CT molecular complexity index is 3120. The van der Waals surface area contributed by atoms with E-state index in [2.05, 4.69) is 14.9 Å². The monoisotopic (exact) mass is 1000 g/mol. The molecule has 4 amide bonds. The van der Waals surface area contributed by atoms with Crippen molar-refractivity contribution in [1.29, 1.82) is 0 Å². The second kappa shape index (κ2) is 21.1. The molecule has 2 aromatic heterocycles. The van der Waals surface area contributed by atoms with Gasteiger partial charge in [-0.05, 0) is 97.8 Å². The van der Waals surface area contributed by atoms with Crippen LogP contribution < -0.4 is 9.80 Å². The van der Waals surface area contributed by atoms with Gasteiger partial charge in [0.25, 0.3) is 11.8 Å². The summed E-state index contributed by atoms with van der Waals surface area (Å²) in [5.74, 6) is -2.10. The molecule has 0 saturated carbocycles. The van der Waals surface area contributed by atoms with Crippen LogP contribution in [0.1, 0.15) is 84.8 Å². The number of carbonyl (C=O) groups is 5. The zero-order valence-corrected chi connectivity index (χ0v) is 43.0. The van der Waals surface area contributed by atoms with Crippen molar-refractivity contribution in [3.8, 4) is 0 Å². The fourth-order valence-corrected chi connectivity index (χ4v) is 9.59. The molecule has 0 radical (unpaired) electrons. The number of aromatic amines is 2. The van der Waals surface area contributed by atoms with Gasteiger partial charge in [0.2, 0.25) is 0 Å². The lowest BCUT2D eigenvalue weighted by atomic mass is 9.81. The molecular formula is C55H60ClF2N7O7. The Labute approximate surface area is 422 Å². The molecule has 14 nitrogen and oxygen atoms in total. The lowest BCUT2D eigenvalue weighted by Crippen LogP contribution is -2.37. The van der Waals surface area contributed by atoms with E-state index < -0.39 is 34.4 Å². The van der Waals surface area contributed by atoms with Gasteiger partial charge in [-0.1, -0.05) is 39.8 Å². The topological polar surface area (TPSA) is 152 Å². The summed E-state index contributed by atoms with van der Waals surface area (Å²) in [7, 11) is 7.05. The molecule has 17 heteroatoms. The van der Waals surface area contributed by atoms with Crippen molar-refractivity contribution < 1.29 is 42.2 Å². The summed E-state index contributed by atoms with van der Waals surface area (Å²) >= 11 is 5.92. The average Bonchev–Trinajstić information content (AvgIpc) is 3.87. The van der Waals surface area contributed by atoms with Gasteiger partial charge in [-0.2, -0.15) is 0 Å². The van der Waals surface area contributed by atoms with Crippen molar-refractivity contribution in [3.05, 3.63) is 143 Å². The number of fused-ring (bicyclic) bond motifs is 6. The number of urea groups is 1. The van der Waals surface area contributed by atoms with E-state index in [0.29, 0.717) is 47.2 Å². The number of carbonyl (C=O) groups excluding carboxylic acids is 5. The number of benzene rings is 4. The number of esters is 2. The normalized spacial score (nSPS) is 14.6. The largest absolute Gasteiger partial charge is 0.462 e. The second-order valence-corrected chi connectivity index (χ2v) is 19.6. The van der Waals surface area contributed by atoms with Crippen LogP contribution in [0.3, 0.4) is 0 Å². The second-order valence-electron chi connectivity index (χ2n) is 19.2. The number of nitrogens with one attached hydrogen (secondary N) is 2. The van der Waals surface area contributed by atoms with E-state index in [1.54, 1.807) is 46.1 Å². The maximum atomic E-state index is 13.5. The zero-order valence-electron chi connectivity index (χ0n) is 42.2. The van der Waals surface area contributed by atoms with Gasteiger partial charge in [0.05, 0.1) is 35.7 Å². The molecule has 0 bridgehead atoms. The van der Waals surface area contributed by atoms with Gasteiger partial charge in [-0.3, -0.25) is 14.5 Å². The van der Waals surface area contributed by atoms with Gasteiger partial charge in [0.15, 0.2) is 0 Å². The molecule has 2 aliphatic rings. The maximum Gasteiger partial charge on any atom is 0.341 e. The number of hydrogen-bond donors (Lipinski definition) is 2. The molecule has 0 spiro atoms. The third-order valence-electron chi connectivity index (χ3n) is 12.8. The van der Waals surface area contributed by atoms with Crippen molar-refractivity contribution in [2.24, 2.45) is 0 Å². The van der Waals surface area contributed by atoms with Crippen molar-refractivity contribution in [2.75, 3.05) is 76.7 Å². The van der Waals surface area contributed by atoms with E-state index in [1.165, 1.54) is 69.4 Å². The van der Waals surface area contributed by atoms with E-state index in [4.69, 9.17) is 21.1 Å². The molecule has 8 rings (SSSR count). The van der Waals surface area contributed by atoms with E-state index in [9.17, 15) is 32.8 Å². The lowest BCUT2D eigenvalue weighted by molar-refractivity contribution is -0.137. The fourth-order valence-electron chi connectivity index (χ4n) is 9.34. The Morgan fingerprint density at radius 2 is 1.03 bits per heavy atom. The van der Waals surface area contributed by atoms with Crippen molar-refractivity contribution in [1.82, 2.24) is 24.7 Å². The number of anilines is 2. The standard InChI is InChI=1S/C28H31FN4O4.C27H29ClFN3O3/c1-7-37-26(35)21-15-33(25(34)17-8-10-18(29)11-9-17)16-28(2,3)23-20-13-12-19(14-22(20)30-24(21)23)32(6)27(36)31(4)5;1-5-35-26(34)21-15-32(25(33)17-6-8-18(29)9-7-17)16-27(2,3)23-20-11-10-19(31(4)13-12-28)14-22(20)30-24(21)23/h8-15,30H,7,16H2,1-6H3;6-11,14-15,30H,5,12-13,16H2,1-4H3. The highest BCUT2D eigenvalue weighted by atomic mass is 35.5. The van der Waals surface area contributed by atoms with Gasteiger partial charge in [-0.25, -0.2) is 23.2 Å². The summed E-state index contributed by atoms with van der Waals surface area (Å²) in [4.78, 5) is 80.4.